The molecule has 2 heterocycles. The molecule has 3 rings (SSSR count). The lowest BCUT2D eigenvalue weighted by atomic mass is 10.0. The molecule has 3 nitrogen and oxygen atoms in total. The van der Waals surface area contributed by atoms with Gasteiger partial charge in [-0.2, -0.15) is 0 Å². The van der Waals surface area contributed by atoms with E-state index in [9.17, 15) is 0 Å². The Bertz CT molecular complexity index is 850. The Morgan fingerprint density at radius 2 is 1.92 bits per heavy atom. The number of nitrogens with zero attached hydrogens (tertiary/aromatic N) is 3. The topological polar surface area (TPSA) is 30.7 Å². The Kier molecular flexibility index (Phi) is 5.31. The van der Waals surface area contributed by atoms with Crippen LogP contribution in [-0.4, -0.2) is 14.5 Å². The van der Waals surface area contributed by atoms with Gasteiger partial charge in [0.25, 0.3) is 0 Å². The second-order valence-electron chi connectivity index (χ2n) is 5.88. The van der Waals surface area contributed by atoms with Gasteiger partial charge in [0.05, 0.1) is 11.2 Å². The highest BCUT2D eigenvalue weighted by molar-refractivity contribution is 6.31. The third kappa shape index (κ3) is 3.36. The first-order valence-electron chi connectivity index (χ1n) is 8.52. The molecule has 0 saturated carbocycles. The van der Waals surface area contributed by atoms with Crippen molar-refractivity contribution in [2.45, 2.75) is 39.5 Å². The zero-order valence-corrected chi connectivity index (χ0v) is 14.9. The van der Waals surface area contributed by atoms with Crippen molar-refractivity contribution in [2.75, 3.05) is 0 Å². The average Bonchev–Trinajstić information content (AvgIpc) is 2.97. The van der Waals surface area contributed by atoms with Gasteiger partial charge in [-0.15, -0.1) is 0 Å². The molecule has 3 aromatic rings. The van der Waals surface area contributed by atoms with Crippen LogP contribution in [0.5, 0.6) is 0 Å². The Labute approximate surface area is 148 Å². The smallest absolute Gasteiger partial charge is 0.234 e. The number of halogens is 1. The SMILES string of the molecule is CCC/C=C(\CCC)c1cc2cc(Cl)ccc2n1-c1ncccn1. The minimum Gasteiger partial charge on any atom is -0.278 e. The van der Waals surface area contributed by atoms with E-state index in [0.29, 0.717) is 5.95 Å². The van der Waals surface area contributed by atoms with E-state index in [1.807, 2.05) is 24.3 Å². The maximum atomic E-state index is 6.20. The number of hydrogen-bond acceptors (Lipinski definition) is 2. The Hall–Kier alpha value is -2.13. The van der Waals surface area contributed by atoms with Crippen molar-refractivity contribution in [3.8, 4) is 5.95 Å². The van der Waals surface area contributed by atoms with Crippen LogP contribution in [0.2, 0.25) is 5.02 Å². The molecular weight excluding hydrogens is 318 g/mol. The Morgan fingerprint density at radius 3 is 2.62 bits per heavy atom. The normalized spacial score (nSPS) is 12.0. The van der Waals surface area contributed by atoms with Crippen molar-refractivity contribution < 1.29 is 0 Å². The first-order valence-corrected chi connectivity index (χ1v) is 8.90. The highest BCUT2D eigenvalue weighted by atomic mass is 35.5. The third-order valence-corrected chi connectivity index (χ3v) is 4.28. The molecule has 2 aromatic heterocycles. The lowest BCUT2D eigenvalue weighted by Crippen LogP contribution is -2.04. The molecule has 4 heteroatoms. The maximum absolute atomic E-state index is 6.20. The van der Waals surface area contributed by atoms with Crippen LogP contribution in [0.4, 0.5) is 0 Å². The Morgan fingerprint density at radius 1 is 1.12 bits per heavy atom. The fraction of sp³-hybridized carbons (Fsp3) is 0.300. The van der Waals surface area contributed by atoms with Crippen molar-refractivity contribution in [3.05, 3.63) is 59.5 Å². The van der Waals surface area contributed by atoms with Crippen LogP contribution in [0, 0.1) is 0 Å². The molecule has 1 aromatic carbocycles. The maximum Gasteiger partial charge on any atom is 0.234 e. The molecule has 0 fully saturated rings. The molecule has 24 heavy (non-hydrogen) atoms. The summed E-state index contributed by atoms with van der Waals surface area (Å²) in [6, 6.07) is 10.0. The van der Waals surface area contributed by atoms with Crippen LogP contribution in [0.15, 0.2) is 48.8 Å². The first-order chi connectivity index (χ1) is 11.7. The molecular formula is C20H22ClN3. The summed E-state index contributed by atoms with van der Waals surface area (Å²) in [5, 5.41) is 1.86. The number of hydrogen-bond donors (Lipinski definition) is 0. The lowest BCUT2D eigenvalue weighted by Gasteiger charge is -2.12. The summed E-state index contributed by atoms with van der Waals surface area (Å²) in [5.41, 5.74) is 3.59. The summed E-state index contributed by atoms with van der Waals surface area (Å²) < 4.78 is 2.14. The van der Waals surface area contributed by atoms with Crippen LogP contribution in [0.3, 0.4) is 0 Å². The molecule has 0 aliphatic rings. The molecule has 0 unspecified atom stereocenters. The summed E-state index contributed by atoms with van der Waals surface area (Å²) in [6.45, 7) is 4.42. The fourth-order valence-corrected chi connectivity index (χ4v) is 3.15. The molecule has 0 bridgehead atoms. The van der Waals surface area contributed by atoms with Crippen molar-refractivity contribution in [3.63, 3.8) is 0 Å². The molecule has 124 valence electrons. The zero-order valence-electron chi connectivity index (χ0n) is 14.2. The number of benzene rings is 1. The van der Waals surface area contributed by atoms with E-state index in [0.717, 1.165) is 47.3 Å². The summed E-state index contributed by atoms with van der Waals surface area (Å²) in [6.07, 6.45) is 10.3. The van der Waals surface area contributed by atoms with Crippen LogP contribution in [0.25, 0.3) is 22.4 Å². The van der Waals surface area contributed by atoms with Gasteiger partial charge in [0.1, 0.15) is 0 Å². The second kappa shape index (κ2) is 7.63. The zero-order chi connectivity index (χ0) is 16.9. The van der Waals surface area contributed by atoms with E-state index in [1.54, 1.807) is 12.4 Å². The lowest BCUT2D eigenvalue weighted by molar-refractivity contribution is 0.902. The van der Waals surface area contributed by atoms with Crippen LogP contribution in [0.1, 0.15) is 45.2 Å². The van der Waals surface area contributed by atoms with Gasteiger partial charge < -0.3 is 0 Å². The van der Waals surface area contributed by atoms with Crippen molar-refractivity contribution in [2.24, 2.45) is 0 Å². The van der Waals surface area contributed by atoms with Crippen LogP contribution < -0.4 is 0 Å². The molecule has 0 spiro atoms. The molecule has 0 atom stereocenters. The number of allylic oxidation sites excluding steroid dienone is 2. The van der Waals surface area contributed by atoms with Crippen molar-refractivity contribution in [1.29, 1.82) is 0 Å². The van der Waals surface area contributed by atoms with Gasteiger partial charge in [0.2, 0.25) is 5.95 Å². The number of fused-ring (bicyclic) bond motifs is 1. The van der Waals surface area contributed by atoms with E-state index in [2.05, 4.69) is 40.5 Å². The molecule has 0 amide bonds. The van der Waals surface area contributed by atoms with Gasteiger partial charge in [-0.25, -0.2) is 9.97 Å². The molecule has 0 saturated heterocycles. The summed E-state index contributed by atoms with van der Waals surface area (Å²) >= 11 is 6.20. The summed E-state index contributed by atoms with van der Waals surface area (Å²) in [7, 11) is 0. The molecule has 0 radical (unpaired) electrons. The fourth-order valence-electron chi connectivity index (χ4n) is 2.97. The van der Waals surface area contributed by atoms with Gasteiger partial charge in [-0.1, -0.05) is 44.4 Å². The van der Waals surface area contributed by atoms with E-state index in [1.165, 1.54) is 5.57 Å². The monoisotopic (exact) mass is 339 g/mol. The number of unbranched alkanes of at least 4 members (excludes halogenated alkanes) is 1. The Balaban J connectivity index is 2.25. The first kappa shape index (κ1) is 16.7. The predicted octanol–water partition coefficient (Wildman–Crippen LogP) is 6.06. The largest absolute Gasteiger partial charge is 0.278 e. The predicted molar refractivity (Wildman–Crippen MR) is 102 cm³/mol. The van der Waals surface area contributed by atoms with Gasteiger partial charge in [0, 0.05) is 22.8 Å². The van der Waals surface area contributed by atoms with Crippen LogP contribution in [-0.2, 0) is 0 Å². The second-order valence-corrected chi connectivity index (χ2v) is 6.32. The highest BCUT2D eigenvalue weighted by Gasteiger charge is 2.15. The van der Waals surface area contributed by atoms with Gasteiger partial charge in [-0.3, -0.25) is 4.57 Å². The van der Waals surface area contributed by atoms with Gasteiger partial charge >= 0.3 is 0 Å². The molecule has 0 aliphatic carbocycles. The average molecular weight is 340 g/mol. The van der Waals surface area contributed by atoms with Gasteiger partial charge in [-0.05, 0) is 48.7 Å². The van der Waals surface area contributed by atoms with Crippen LogP contribution >= 0.6 is 11.6 Å². The van der Waals surface area contributed by atoms with E-state index in [4.69, 9.17) is 11.6 Å². The van der Waals surface area contributed by atoms with E-state index >= 15 is 0 Å². The highest BCUT2D eigenvalue weighted by Crippen LogP contribution is 2.31. The summed E-state index contributed by atoms with van der Waals surface area (Å²) in [5.74, 6) is 0.698. The third-order valence-electron chi connectivity index (χ3n) is 4.04. The van der Waals surface area contributed by atoms with Crippen molar-refractivity contribution >= 4 is 28.1 Å². The van der Waals surface area contributed by atoms with E-state index in [-0.39, 0.29) is 0 Å². The summed E-state index contributed by atoms with van der Waals surface area (Å²) in [4.78, 5) is 8.94. The molecule has 0 aliphatic heterocycles. The minimum absolute atomic E-state index is 0.698. The number of rotatable bonds is 6. The molecule has 0 N–H and O–H groups in total. The minimum atomic E-state index is 0.698. The quantitative estimate of drug-likeness (QED) is 0.546. The van der Waals surface area contributed by atoms with E-state index < -0.39 is 0 Å². The standard InChI is InChI=1S/C20H22ClN3/c1-3-5-8-15(7-4-2)19-14-16-13-17(21)9-10-18(16)24(19)20-22-11-6-12-23-20/h6,8-14H,3-5,7H2,1-2H3/b15-8+. The number of aromatic nitrogens is 3. The van der Waals surface area contributed by atoms with Crippen molar-refractivity contribution in [1.82, 2.24) is 14.5 Å². The van der Waals surface area contributed by atoms with Gasteiger partial charge in [0.15, 0.2) is 0 Å².